The van der Waals surface area contributed by atoms with Crippen molar-refractivity contribution in [1.29, 1.82) is 0 Å². The van der Waals surface area contributed by atoms with Gasteiger partial charge in [0.15, 0.2) is 9.84 Å². The lowest BCUT2D eigenvalue weighted by Crippen LogP contribution is -2.17. The highest BCUT2D eigenvalue weighted by atomic mass is 35.5. The SMILES string of the molecule is CC(=O)Nc1cccc(NC(=O)CCS(=O)(=O)c2ccc(Cl)cc2)c1. The molecule has 8 heteroatoms. The van der Waals surface area contributed by atoms with Gasteiger partial charge in [0.25, 0.3) is 0 Å². The van der Waals surface area contributed by atoms with Gasteiger partial charge in [0.2, 0.25) is 11.8 Å². The highest BCUT2D eigenvalue weighted by molar-refractivity contribution is 7.91. The maximum absolute atomic E-state index is 12.2. The van der Waals surface area contributed by atoms with E-state index in [1.807, 2.05) is 0 Å². The molecule has 6 nitrogen and oxygen atoms in total. The van der Waals surface area contributed by atoms with Crippen molar-refractivity contribution in [2.24, 2.45) is 0 Å². The van der Waals surface area contributed by atoms with E-state index < -0.39 is 15.7 Å². The van der Waals surface area contributed by atoms with E-state index in [0.717, 1.165) is 0 Å². The van der Waals surface area contributed by atoms with Crippen molar-refractivity contribution >= 4 is 44.6 Å². The predicted molar refractivity (Wildman–Crippen MR) is 97.5 cm³/mol. The smallest absolute Gasteiger partial charge is 0.225 e. The van der Waals surface area contributed by atoms with Crippen molar-refractivity contribution in [3.63, 3.8) is 0 Å². The maximum atomic E-state index is 12.2. The number of nitrogens with one attached hydrogen (secondary N) is 2. The van der Waals surface area contributed by atoms with Gasteiger partial charge in [-0.2, -0.15) is 0 Å². The topological polar surface area (TPSA) is 92.3 Å². The molecule has 132 valence electrons. The minimum Gasteiger partial charge on any atom is -0.326 e. The van der Waals surface area contributed by atoms with Gasteiger partial charge < -0.3 is 10.6 Å². The second kappa shape index (κ2) is 8.13. The summed E-state index contributed by atoms with van der Waals surface area (Å²) in [6, 6.07) is 12.4. The van der Waals surface area contributed by atoms with Gasteiger partial charge in [0.1, 0.15) is 0 Å². The molecule has 0 fully saturated rings. The molecule has 0 aromatic heterocycles. The van der Waals surface area contributed by atoms with Gasteiger partial charge in [-0.15, -0.1) is 0 Å². The van der Waals surface area contributed by atoms with Crippen LogP contribution in [0.1, 0.15) is 13.3 Å². The largest absolute Gasteiger partial charge is 0.326 e. The average molecular weight is 381 g/mol. The number of benzene rings is 2. The zero-order valence-electron chi connectivity index (χ0n) is 13.5. The molecule has 0 radical (unpaired) electrons. The first-order valence-electron chi connectivity index (χ1n) is 7.42. The van der Waals surface area contributed by atoms with Gasteiger partial charge in [0, 0.05) is 29.7 Å². The van der Waals surface area contributed by atoms with Crippen LogP contribution in [0.5, 0.6) is 0 Å². The lowest BCUT2D eigenvalue weighted by atomic mass is 10.2. The van der Waals surface area contributed by atoms with Gasteiger partial charge in [0.05, 0.1) is 10.6 Å². The Kier molecular flexibility index (Phi) is 6.17. The molecular weight excluding hydrogens is 364 g/mol. The Hall–Kier alpha value is -2.38. The van der Waals surface area contributed by atoms with Crippen LogP contribution >= 0.6 is 11.6 Å². The number of sulfone groups is 1. The number of halogens is 1. The molecule has 0 saturated heterocycles. The monoisotopic (exact) mass is 380 g/mol. The molecule has 2 aromatic rings. The van der Waals surface area contributed by atoms with Crippen LogP contribution in [0.4, 0.5) is 11.4 Å². The van der Waals surface area contributed by atoms with Crippen LogP contribution < -0.4 is 10.6 Å². The summed E-state index contributed by atoms with van der Waals surface area (Å²) in [6.07, 6.45) is -0.185. The van der Waals surface area contributed by atoms with E-state index in [1.165, 1.54) is 31.2 Å². The third kappa shape index (κ3) is 5.88. The molecule has 0 atom stereocenters. The van der Waals surface area contributed by atoms with Crippen LogP contribution in [-0.4, -0.2) is 26.0 Å². The van der Waals surface area contributed by atoms with E-state index in [-0.39, 0.29) is 23.0 Å². The Bertz CT molecular complexity index is 880. The van der Waals surface area contributed by atoms with E-state index in [2.05, 4.69) is 10.6 Å². The summed E-state index contributed by atoms with van der Waals surface area (Å²) < 4.78 is 24.4. The fourth-order valence-electron chi connectivity index (χ4n) is 2.09. The van der Waals surface area contributed by atoms with E-state index in [4.69, 9.17) is 11.6 Å². The Morgan fingerprint density at radius 1 is 1.00 bits per heavy atom. The van der Waals surface area contributed by atoms with Gasteiger partial charge in [-0.05, 0) is 42.5 Å². The Morgan fingerprint density at radius 2 is 1.60 bits per heavy atom. The van der Waals surface area contributed by atoms with Gasteiger partial charge >= 0.3 is 0 Å². The molecule has 2 amide bonds. The standard InChI is InChI=1S/C17H17ClN2O4S/c1-12(21)19-14-3-2-4-15(11-14)20-17(22)9-10-25(23,24)16-7-5-13(18)6-8-16/h2-8,11H,9-10H2,1H3,(H,19,21)(H,20,22). The van der Waals surface area contributed by atoms with Crippen molar-refractivity contribution in [2.45, 2.75) is 18.2 Å². The van der Waals surface area contributed by atoms with Gasteiger partial charge in [-0.1, -0.05) is 17.7 Å². The number of hydrogen-bond acceptors (Lipinski definition) is 4. The lowest BCUT2D eigenvalue weighted by molar-refractivity contribution is -0.116. The summed E-state index contributed by atoms with van der Waals surface area (Å²) >= 11 is 5.74. The summed E-state index contributed by atoms with van der Waals surface area (Å²) in [4.78, 5) is 23.2. The number of rotatable bonds is 6. The first kappa shape index (κ1) is 19.0. The molecule has 2 N–H and O–H groups in total. The summed E-state index contributed by atoms with van der Waals surface area (Å²) in [6.45, 7) is 1.38. The van der Waals surface area contributed by atoms with Crippen molar-refractivity contribution in [3.8, 4) is 0 Å². The Labute approximate surface area is 151 Å². The van der Waals surface area contributed by atoms with E-state index in [0.29, 0.717) is 16.4 Å². The second-order valence-corrected chi connectivity index (χ2v) is 7.88. The first-order valence-corrected chi connectivity index (χ1v) is 9.45. The number of carbonyl (C=O) groups excluding carboxylic acids is 2. The summed E-state index contributed by atoms with van der Waals surface area (Å²) in [5.74, 6) is -0.971. The van der Waals surface area contributed by atoms with E-state index >= 15 is 0 Å². The molecule has 0 heterocycles. The minimum absolute atomic E-state index is 0.123. The van der Waals surface area contributed by atoms with Gasteiger partial charge in [-0.25, -0.2) is 8.42 Å². The molecule has 0 aliphatic carbocycles. The average Bonchev–Trinajstić information content (AvgIpc) is 2.53. The highest BCUT2D eigenvalue weighted by Crippen LogP contribution is 2.17. The second-order valence-electron chi connectivity index (χ2n) is 5.33. The molecule has 2 rings (SSSR count). The fraction of sp³-hybridized carbons (Fsp3) is 0.176. The van der Waals surface area contributed by atoms with E-state index in [9.17, 15) is 18.0 Å². The predicted octanol–water partition coefficient (Wildman–Crippen LogP) is 3.10. The molecule has 2 aromatic carbocycles. The minimum atomic E-state index is -3.56. The van der Waals surface area contributed by atoms with Crippen LogP contribution in [0.2, 0.25) is 5.02 Å². The number of amides is 2. The quantitative estimate of drug-likeness (QED) is 0.805. The zero-order valence-corrected chi connectivity index (χ0v) is 15.0. The molecule has 0 bridgehead atoms. The molecule has 0 saturated carbocycles. The lowest BCUT2D eigenvalue weighted by Gasteiger charge is -2.08. The van der Waals surface area contributed by atoms with Crippen LogP contribution in [0.15, 0.2) is 53.4 Å². The van der Waals surface area contributed by atoms with Crippen molar-refractivity contribution < 1.29 is 18.0 Å². The highest BCUT2D eigenvalue weighted by Gasteiger charge is 2.16. The molecule has 25 heavy (non-hydrogen) atoms. The molecule has 0 aliphatic heterocycles. The van der Waals surface area contributed by atoms with Crippen molar-refractivity contribution in [2.75, 3.05) is 16.4 Å². The van der Waals surface area contributed by atoms with Crippen molar-refractivity contribution in [3.05, 3.63) is 53.6 Å². The Morgan fingerprint density at radius 3 is 2.20 bits per heavy atom. The summed E-state index contributed by atoms with van der Waals surface area (Å²) in [5.41, 5.74) is 1.01. The van der Waals surface area contributed by atoms with Gasteiger partial charge in [-0.3, -0.25) is 9.59 Å². The Balaban J connectivity index is 1.96. The normalized spacial score (nSPS) is 11.0. The van der Waals surface area contributed by atoms with Crippen molar-refractivity contribution in [1.82, 2.24) is 0 Å². The van der Waals surface area contributed by atoms with Crippen LogP contribution in [0.25, 0.3) is 0 Å². The third-order valence-corrected chi connectivity index (χ3v) is 5.22. The van der Waals surface area contributed by atoms with E-state index in [1.54, 1.807) is 24.3 Å². The fourth-order valence-corrected chi connectivity index (χ4v) is 3.45. The van der Waals surface area contributed by atoms with Crippen LogP contribution in [0, 0.1) is 0 Å². The van der Waals surface area contributed by atoms with Crippen LogP contribution in [-0.2, 0) is 19.4 Å². The molecule has 0 aliphatic rings. The number of carbonyl (C=O) groups is 2. The maximum Gasteiger partial charge on any atom is 0.225 e. The summed E-state index contributed by atoms with van der Waals surface area (Å²) in [5, 5.41) is 5.66. The molecule has 0 unspecified atom stereocenters. The summed E-state index contributed by atoms with van der Waals surface area (Å²) in [7, 11) is -3.56. The first-order chi connectivity index (χ1) is 11.8. The zero-order chi connectivity index (χ0) is 18.4. The third-order valence-electron chi connectivity index (χ3n) is 3.24. The molecule has 0 spiro atoms. The van der Waals surface area contributed by atoms with Crippen LogP contribution in [0.3, 0.4) is 0 Å². The number of anilines is 2. The molecular formula is C17H17ClN2O4S. The number of hydrogen-bond donors (Lipinski definition) is 2.